The summed E-state index contributed by atoms with van der Waals surface area (Å²) in [5, 5.41) is 7.59. The van der Waals surface area contributed by atoms with E-state index in [0.717, 1.165) is 41.5 Å². The minimum Gasteiger partial charge on any atom is -0.468 e. The molecule has 33 heavy (non-hydrogen) atoms. The summed E-state index contributed by atoms with van der Waals surface area (Å²) in [6, 6.07) is 8.33. The maximum Gasteiger partial charge on any atom is 0.293 e. The Bertz CT molecular complexity index is 810. The van der Waals surface area contributed by atoms with Crippen molar-refractivity contribution in [3.05, 3.63) is 71.3 Å². The van der Waals surface area contributed by atoms with Crippen molar-refractivity contribution in [1.29, 1.82) is 5.41 Å². The number of hydrogen-bond donors (Lipinski definition) is 1. The van der Waals surface area contributed by atoms with Gasteiger partial charge in [0.05, 0.1) is 6.61 Å². The van der Waals surface area contributed by atoms with E-state index < -0.39 is 0 Å². The Morgan fingerprint density at radius 2 is 1.64 bits per heavy atom. The van der Waals surface area contributed by atoms with Crippen LogP contribution >= 0.6 is 0 Å². The van der Waals surface area contributed by atoms with Gasteiger partial charge in [-0.3, -0.25) is 4.79 Å². The second kappa shape index (κ2) is 17.8. The molecule has 0 bridgehead atoms. The minimum atomic E-state index is 0.287. The zero-order valence-corrected chi connectivity index (χ0v) is 21.9. The van der Waals surface area contributed by atoms with Crippen LogP contribution in [0.3, 0.4) is 0 Å². The van der Waals surface area contributed by atoms with E-state index in [1.807, 2.05) is 32.9 Å². The van der Waals surface area contributed by atoms with Gasteiger partial charge in [0.1, 0.15) is 0 Å². The van der Waals surface area contributed by atoms with Crippen LogP contribution in [0.25, 0.3) is 11.1 Å². The van der Waals surface area contributed by atoms with Gasteiger partial charge in [0, 0.05) is 6.21 Å². The molecular formula is C30H45NO2. The van der Waals surface area contributed by atoms with Gasteiger partial charge in [-0.2, -0.15) is 0 Å². The molecule has 0 radical (unpaired) electrons. The topological polar surface area (TPSA) is 50.2 Å². The summed E-state index contributed by atoms with van der Waals surface area (Å²) >= 11 is 0. The fraction of sp³-hybridized carbons (Fsp3) is 0.467. The molecular weight excluding hydrogens is 406 g/mol. The molecule has 1 N–H and O–H groups in total. The molecule has 0 aliphatic carbocycles. The Hall–Kier alpha value is -2.68. The Kier molecular flexibility index (Phi) is 16.4. The van der Waals surface area contributed by atoms with E-state index in [1.54, 1.807) is 0 Å². The summed E-state index contributed by atoms with van der Waals surface area (Å²) in [6.45, 7) is 19.7. The maximum atomic E-state index is 10.7. The summed E-state index contributed by atoms with van der Waals surface area (Å²) in [5.74, 6) is 0.957. The zero-order valence-electron chi connectivity index (χ0n) is 21.9. The molecule has 0 aliphatic rings. The molecule has 0 saturated carbocycles. The number of allylic oxidation sites excluding steroid dienone is 7. The number of hydrogen-bond acceptors (Lipinski definition) is 3. The van der Waals surface area contributed by atoms with Crippen molar-refractivity contribution >= 4 is 23.8 Å². The molecule has 0 aromatic heterocycles. The average Bonchev–Trinajstić information content (AvgIpc) is 2.84. The Labute approximate surface area is 202 Å². The van der Waals surface area contributed by atoms with Gasteiger partial charge in [-0.15, -0.1) is 0 Å². The summed E-state index contributed by atoms with van der Waals surface area (Å²) < 4.78 is 5.06. The number of ether oxygens (including phenoxy) is 1. The van der Waals surface area contributed by atoms with Crippen LogP contribution in [0.4, 0.5) is 0 Å². The number of carbonyl (C=O) groups excluding carboxylic acids is 1. The monoisotopic (exact) mass is 451 g/mol. The van der Waals surface area contributed by atoms with Gasteiger partial charge in [-0.25, -0.2) is 0 Å². The first-order chi connectivity index (χ1) is 15.9. The van der Waals surface area contributed by atoms with Crippen LogP contribution in [-0.2, 0) is 9.53 Å². The highest BCUT2D eigenvalue weighted by Gasteiger charge is 2.20. The fourth-order valence-corrected chi connectivity index (χ4v) is 3.93. The van der Waals surface area contributed by atoms with Gasteiger partial charge in [-0.05, 0) is 73.3 Å². The Balaban J connectivity index is 0.00000497. The van der Waals surface area contributed by atoms with E-state index in [9.17, 15) is 4.79 Å². The van der Waals surface area contributed by atoms with Crippen LogP contribution in [0.5, 0.6) is 0 Å². The third-order valence-electron chi connectivity index (χ3n) is 5.74. The predicted octanol–water partition coefficient (Wildman–Crippen LogP) is 8.68. The summed E-state index contributed by atoms with van der Waals surface area (Å²) in [7, 11) is 0. The molecule has 1 aromatic carbocycles. The molecule has 0 amide bonds. The van der Waals surface area contributed by atoms with E-state index in [0.29, 0.717) is 19.0 Å². The highest BCUT2D eigenvalue weighted by molar-refractivity contribution is 6.08. The lowest BCUT2D eigenvalue weighted by molar-refractivity contribution is -0.128. The molecule has 0 aliphatic heterocycles. The number of rotatable bonds is 14. The zero-order chi connectivity index (χ0) is 25.2. The smallest absolute Gasteiger partial charge is 0.293 e. The van der Waals surface area contributed by atoms with Gasteiger partial charge in [-0.1, -0.05) is 95.2 Å². The van der Waals surface area contributed by atoms with Gasteiger partial charge < -0.3 is 10.1 Å². The van der Waals surface area contributed by atoms with Crippen LogP contribution in [0.1, 0.15) is 85.3 Å². The van der Waals surface area contributed by atoms with E-state index in [1.165, 1.54) is 23.8 Å². The normalized spacial score (nSPS) is 13.5. The third kappa shape index (κ3) is 10.2. The lowest BCUT2D eigenvalue weighted by Gasteiger charge is -2.25. The molecule has 0 spiro atoms. The molecule has 3 heteroatoms. The predicted molar refractivity (Wildman–Crippen MR) is 146 cm³/mol. The first-order valence-corrected chi connectivity index (χ1v) is 12.3. The van der Waals surface area contributed by atoms with Crippen molar-refractivity contribution in [1.82, 2.24) is 0 Å². The molecule has 182 valence electrons. The van der Waals surface area contributed by atoms with Crippen molar-refractivity contribution in [2.75, 3.05) is 6.61 Å². The lowest BCUT2D eigenvalue weighted by atomic mass is 9.81. The molecule has 3 nitrogen and oxygen atoms in total. The second-order valence-electron chi connectivity index (χ2n) is 8.25. The first kappa shape index (κ1) is 30.3. The number of benzene rings is 1. The van der Waals surface area contributed by atoms with Crippen LogP contribution in [-0.4, -0.2) is 19.3 Å². The number of nitrogens with one attached hydrogen (secondary N) is 1. The van der Waals surface area contributed by atoms with Crippen LogP contribution in [0.15, 0.2) is 60.2 Å². The average molecular weight is 452 g/mol. The molecule has 0 heterocycles. The van der Waals surface area contributed by atoms with Gasteiger partial charge >= 0.3 is 0 Å². The van der Waals surface area contributed by atoms with Crippen molar-refractivity contribution in [2.45, 2.75) is 74.1 Å². The highest BCUT2D eigenvalue weighted by atomic mass is 16.5. The summed E-state index contributed by atoms with van der Waals surface area (Å²) in [4.78, 5) is 10.7. The summed E-state index contributed by atoms with van der Waals surface area (Å²) in [5.41, 5.74) is 6.68. The van der Waals surface area contributed by atoms with E-state index in [2.05, 4.69) is 64.6 Å². The number of carbonyl (C=O) groups is 1. The third-order valence-corrected chi connectivity index (χ3v) is 5.74. The van der Waals surface area contributed by atoms with Crippen molar-refractivity contribution in [3.63, 3.8) is 0 Å². The molecule has 0 fully saturated rings. The SMILES string of the molecule is C=C/C(=C(\C(C)=C/C)C(CCCC(C)C)CCOC=O)c1ccc(/C(C=N)=C/C)cc1.CC. The van der Waals surface area contributed by atoms with E-state index >= 15 is 0 Å². The quantitative estimate of drug-likeness (QED) is 0.133. The van der Waals surface area contributed by atoms with Gasteiger partial charge in [0.15, 0.2) is 0 Å². The van der Waals surface area contributed by atoms with E-state index in [4.69, 9.17) is 10.1 Å². The highest BCUT2D eigenvalue weighted by Crippen LogP contribution is 2.35. The standard InChI is InChI=1S/C28H39NO2.C2H6/c1-7-22(6)28(26(17-18-31-20-30)12-10-11-21(4)5)27(9-3)25-15-13-24(14-16-25)23(8-2)19-29;1-2/h7-9,13-16,19-21,26,29H,3,10-12,17-18H2,1-2,4-6H3;1-2H3/b22-7-,23-8+,28-27-,29-19?;. The largest absolute Gasteiger partial charge is 0.468 e. The van der Waals surface area contributed by atoms with Crippen molar-refractivity contribution in [3.8, 4) is 0 Å². The minimum absolute atomic E-state index is 0.287. The van der Waals surface area contributed by atoms with Crippen LogP contribution in [0, 0.1) is 17.2 Å². The Morgan fingerprint density at radius 1 is 1.03 bits per heavy atom. The van der Waals surface area contributed by atoms with Crippen LogP contribution in [0.2, 0.25) is 0 Å². The fourth-order valence-electron chi connectivity index (χ4n) is 3.93. The Morgan fingerprint density at radius 3 is 2.09 bits per heavy atom. The molecule has 1 atom stereocenters. The van der Waals surface area contributed by atoms with Crippen molar-refractivity contribution < 1.29 is 9.53 Å². The van der Waals surface area contributed by atoms with Crippen molar-refractivity contribution in [2.24, 2.45) is 11.8 Å². The van der Waals surface area contributed by atoms with Gasteiger partial charge in [0.2, 0.25) is 0 Å². The molecule has 1 aromatic rings. The lowest BCUT2D eigenvalue weighted by Crippen LogP contribution is -2.12. The second-order valence-corrected chi connectivity index (χ2v) is 8.25. The van der Waals surface area contributed by atoms with Crippen LogP contribution < -0.4 is 0 Å². The molecule has 0 saturated heterocycles. The summed E-state index contributed by atoms with van der Waals surface area (Å²) in [6.07, 6.45) is 11.6. The molecule has 1 rings (SSSR count). The first-order valence-electron chi connectivity index (χ1n) is 12.3. The van der Waals surface area contributed by atoms with Gasteiger partial charge in [0.25, 0.3) is 6.47 Å². The molecule has 1 unspecified atom stereocenters. The van der Waals surface area contributed by atoms with E-state index in [-0.39, 0.29) is 5.92 Å². The maximum absolute atomic E-state index is 10.7.